The summed E-state index contributed by atoms with van der Waals surface area (Å²) in [7, 11) is -4.33. The van der Waals surface area contributed by atoms with Crippen molar-refractivity contribution in [1.82, 2.24) is 0 Å². The molecule has 0 saturated heterocycles. The second-order valence-corrected chi connectivity index (χ2v) is 6.11. The summed E-state index contributed by atoms with van der Waals surface area (Å²) in [6.45, 7) is 0. The molecule has 3 rings (SSSR count). The summed E-state index contributed by atoms with van der Waals surface area (Å²) in [5.41, 5.74) is -0.373. The molecule has 0 unspecified atom stereocenters. The van der Waals surface area contributed by atoms with E-state index in [1.165, 1.54) is 18.2 Å². The minimum Gasteiger partial charge on any atom is -0.423 e. The SMILES string of the molecule is O=c1ccc2cc(S(=O)(=O)Oc3ccc(F)cc3F)ccc2o1. The van der Waals surface area contributed by atoms with Gasteiger partial charge in [0.2, 0.25) is 0 Å². The molecule has 0 aliphatic heterocycles. The van der Waals surface area contributed by atoms with E-state index in [0.29, 0.717) is 11.5 Å². The van der Waals surface area contributed by atoms with E-state index in [-0.39, 0.29) is 10.5 Å². The molecular formula is C15H8F2O5S. The Bertz CT molecular complexity index is 1060. The van der Waals surface area contributed by atoms with Crippen LogP contribution in [0.15, 0.2) is 62.6 Å². The molecule has 2 aromatic carbocycles. The van der Waals surface area contributed by atoms with Crippen LogP contribution in [0.1, 0.15) is 0 Å². The van der Waals surface area contributed by atoms with Crippen molar-refractivity contribution in [3.05, 3.63) is 70.6 Å². The normalized spacial score (nSPS) is 11.6. The first kappa shape index (κ1) is 15.2. The van der Waals surface area contributed by atoms with E-state index in [4.69, 9.17) is 4.42 Å². The van der Waals surface area contributed by atoms with E-state index >= 15 is 0 Å². The van der Waals surface area contributed by atoms with Gasteiger partial charge in [0.15, 0.2) is 11.6 Å². The van der Waals surface area contributed by atoms with Crippen molar-refractivity contribution in [3.63, 3.8) is 0 Å². The van der Waals surface area contributed by atoms with Gasteiger partial charge in [-0.25, -0.2) is 13.6 Å². The molecule has 0 saturated carbocycles. The lowest BCUT2D eigenvalue weighted by molar-refractivity contribution is 0.457. The third-order valence-electron chi connectivity index (χ3n) is 2.97. The van der Waals surface area contributed by atoms with Crippen LogP contribution in [0, 0.1) is 11.6 Å². The minimum absolute atomic E-state index is 0.199. The molecular weight excluding hydrogens is 330 g/mol. The fraction of sp³-hybridized carbons (Fsp3) is 0. The highest BCUT2D eigenvalue weighted by Gasteiger charge is 2.20. The van der Waals surface area contributed by atoms with Gasteiger partial charge in [0.25, 0.3) is 0 Å². The van der Waals surface area contributed by atoms with Crippen molar-refractivity contribution in [2.24, 2.45) is 0 Å². The van der Waals surface area contributed by atoms with E-state index in [1.54, 1.807) is 0 Å². The Morgan fingerprint density at radius 3 is 2.48 bits per heavy atom. The summed E-state index contributed by atoms with van der Waals surface area (Å²) in [4.78, 5) is 10.8. The highest BCUT2D eigenvalue weighted by atomic mass is 32.2. The van der Waals surface area contributed by atoms with Gasteiger partial charge in [0, 0.05) is 17.5 Å². The first-order valence-electron chi connectivity index (χ1n) is 6.29. The fourth-order valence-corrected chi connectivity index (χ4v) is 2.89. The van der Waals surface area contributed by atoms with Gasteiger partial charge >= 0.3 is 15.7 Å². The number of rotatable bonds is 3. The summed E-state index contributed by atoms with van der Waals surface area (Å²) in [5.74, 6) is -2.61. The zero-order chi connectivity index (χ0) is 16.6. The monoisotopic (exact) mass is 338 g/mol. The highest BCUT2D eigenvalue weighted by molar-refractivity contribution is 7.87. The molecule has 0 amide bonds. The topological polar surface area (TPSA) is 73.6 Å². The van der Waals surface area contributed by atoms with Crippen molar-refractivity contribution < 1.29 is 25.8 Å². The van der Waals surface area contributed by atoms with Crippen LogP contribution in [-0.2, 0) is 10.1 Å². The third kappa shape index (κ3) is 3.07. The van der Waals surface area contributed by atoms with E-state index in [9.17, 15) is 22.0 Å². The van der Waals surface area contributed by atoms with E-state index < -0.39 is 33.1 Å². The summed E-state index contributed by atoms with van der Waals surface area (Å²) in [6, 6.07) is 8.45. The molecule has 0 atom stereocenters. The summed E-state index contributed by atoms with van der Waals surface area (Å²) < 4.78 is 60.3. The van der Waals surface area contributed by atoms with Crippen LogP contribution in [0.4, 0.5) is 8.78 Å². The van der Waals surface area contributed by atoms with Crippen molar-refractivity contribution in [2.75, 3.05) is 0 Å². The van der Waals surface area contributed by atoms with Gasteiger partial charge < -0.3 is 8.60 Å². The van der Waals surface area contributed by atoms with Crippen molar-refractivity contribution in [2.45, 2.75) is 4.90 Å². The standard InChI is InChI=1S/C15H8F2O5S/c16-10-2-4-14(12(17)8-10)22-23(19,20)11-3-5-13-9(7-11)1-6-15(18)21-13/h1-8H. The molecule has 0 spiro atoms. The zero-order valence-electron chi connectivity index (χ0n) is 11.3. The first-order chi connectivity index (χ1) is 10.8. The van der Waals surface area contributed by atoms with Gasteiger partial charge in [-0.2, -0.15) is 8.42 Å². The molecule has 23 heavy (non-hydrogen) atoms. The summed E-state index contributed by atoms with van der Waals surface area (Å²) in [6.07, 6.45) is 0. The zero-order valence-corrected chi connectivity index (χ0v) is 12.1. The number of benzene rings is 2. The van der Waals surface area contributed by atoms with Crippen LogP contribution in [0.2, 0.25) is 0 Å². The Kier molecular flexibility index (Phi) is 3.61. The molecule has 8 heteroatoms. The average molecular weight is 338 g/mol. The molecule has 0 fully saturated rings. The largest absolute Gasteiger partial charge is 0.423 e. The predicted octanol–water partition coefficient (Wildman–Crippen LogP) is 2.84. The molecule has 1 aromatic heterocycles. The quantitative estimate of drug-likeness (QED) is 0.542. The maximum Gasteiger partial charge on any atom is 0.339 e. The predicted molar refractivity (Wildman–Crippen MR) is 76.7 cm³/mol. The molecule has 5 nitrogen and oxygen atoms in total. The first-order valence-corrected chi connectivity index (χ1v) is 7.69. The maximum atomic E-state index is 13.5. The second kappa shape index (κ2) is 5.47. The van der Waals surface area contributed by atoms with Gasteiger partial charge in [-0.15, -0.1) is 0 Å². The van der Waals surface area contributed by atoms with Gasteiger partial charge in [-0.1, -0.05) is 0 Å². The van der Waals surface area contributed by atoms with Gasteiger partial charge in [-0.3, -0.25) is 0 Å². The highest BCUT2D eigenvalue weighted by Crippen LogP contribution is 2.24. The molecule has 118 valence electrons. The lowest BCUT2D eigenvalue weighted by Crippen LogP contribution is -2.11. The lowest BCUT2D eigenvalue weighted by Gasteiger charge is -2.08. The Morgan fingerprint density at radius 1 is 0.957 bits per heavy atom. The Balaban J connectivity index is 2.02. The third-order valence-corrected chi connectivity index (χ3v) is 4.20. The lowest BCUT2D eigenvalue weighted by atomic mass is 10.2. The van der Waals surface area contributed by atoms with Crippen molar-refractivity contribution >= 4 is 21.1 Å². The van der Waals surface area contributed by atoms with Crippen LogP contribution in [0.3, 0.4) is 0 Å². The smallest absolute Gasteiger partial charge is 0.339 e. The van der Waals surface area contributed by atoms with Crippen LogP contribution < -0.4 is 9.81 Å². The fourth-order valence-electron chi connectivity index (χ4n) is 1.91. The van der Waals surface area contributed by atoms with Gasteiger partial charge in [0.1, 0.15) is 16.3 Å². The van der Waals surface area contributed by atoms with E-state index in [1.807, 2.05) is 0 Å². The number of hydrogen-bond donors (Lipinski definition) is 0. The maximum absolute atomic E-state index is 13.5. The van der Waals surface area contributed by atoms with Crippen LogP contribution >= 0.6 is 0 Å². The number of fused-ring (bicyclic) bond motifs is 1. The summed E-state index contributed by atoms with van der Waals surface area (Å²) >= 11 is 0. The van der Waals surface area contributed by atoms with E-state index in [0.717, 1.165) is 24.3 Å². The Labute approximate surface area is 128 Å². The van der Waals surface area contributed by atoms with Crippen molar-refractivity contribution in [1.29, 1.82) is 0 Å². The van der Waals surface area contributed by atoms with E-state index in [2.05, 4.69) is 4.18 Å². The molecule has 0 N–H and O–H groups in total. The minimum atomic E-state index is -4.33. The number of hydrogen-bond acceptors (Lipinski definition) is 5. The summed E-state index contributed by atoms with van der Waals surface area (Å²) in [5, 5.41) is 0.355. The molecule has 0 aliphatic rings. The molecule has 0 bridgehead atoms. The Hall–Kier alpha value is -2.74. The average Bonchev–Trinajstić information content (AvgIpc) is 2.49. The number of halogens is 2. The van der Waals surface area contributed by atoms with Gasteiger partial charge in [-0.05, 0) is 36.4 Å². The second-order valence-electron chi connectivity index (χ2n) is 4.57. The molecule has 1 heterocycles. The van der Waals surface area contributed by atoms with Gasteiger partial charge in [0.05, 0.1) is 0 Å². The van der Waals surface area contributed by atoms with Crippen LogP contribution in [0.5, 0.6) is 5.75 Å². The molecule has 3 aromatic rings. The van der Waals surface area contributed by atoms with Crippen molar-refractivity contribution in [3.8, 4) is 5.75 Å². The molecule has 0 radical (unpaired) electrons. The Morgan fingerprint density at radius 2 is 1.74 bits per heavy atom. The van der Waals surface area contributed by atoms with Crippen LogP contribution in [-0.4, -0.2) is 8.42 Å². The molecule has 0 aliphatic carbocycles. The van der Waals surface area contributed by atoms with Crippen LogP contribution in [0.25, 0.3) is 11.0 Å².